The molecule has 0 spiro atoms. The van der Waals surface area contributed by atoms with E-state index in [1.165, 1.54) is 6.20 Å². The van der Waals surface area contributed by atoms with Gasteiger partial charge in [-0.3, -0.25) is 9.59 Å². The Hall–Kier alpha value is -2.91. The second-order valence-corrected chi connectivity index (χ2v) is 9.93. The molecule has 4 N–H and O–H groups in total. The second kappa shape index (κ2) is 8.39. The molecule has 0 radical (unpaired) electrons. The number of nitrogens with zero attached hydrogens (tertiary/aromatic N) is 2. The van der Waals surface area contributed by atoms with Gasteiger partial charge >= 0.3 is 5.97 Å². The topological polar surface area (TPSA) is 118 Å². The molecule has 3 unspecified atom stereocenters. The molecule has 10 heteroatoms. The number of carboxylic acids is 1. The van der Waals surface area contributed by atoms with Crippen LogP contribution in [-0.2, 0) is 4.79 Å². The van der Waals surface area contributed by atoms with Crippen molar-refractivity contribution in [1.82, 2.24) is 9.88 Å². The lowest BCUT2D eigenvalue weighted by molar-refractivity contribution is -0.122. The van der Waals surface area contributed by atoms with Crippen LogP contribution in [0.4, 0.5) is 10.1 Å². The van der Waals surface area contributed by atoms with E-state index in [0.29, 0.717) is 18.6 Å². The van der Waals surface area contributed by atoms with Crippen LogP contribution in [0.5, 0.6) is 0 Å². The molecule has 2 aliphatic carbocycles. The summed E-state index contributed by atoms with van der Waals surface area (Å²) >= 11 is 6.78. The third-order valence-corrected chi connectivity index (χ3v) is 7.49. The lowest BCUT2D eigenvalue weighted by atomic mass is 9.82. The maximum Gasteiger partial charge on any atom is 0.341 e. The Labute approximate surface area is 200 Å². The van der Waals surface area contributed by atoms with Crippen molar-refractivity contribution in [1.29, 1.82) is 0 Å². The van der Waals surface area contributed by atoms with Crippen molar-refractivity contribution in [2.24, 2.45) is 17.6 Å². The number of nitrogens with two attached hydrogens (primary N) is 1. The van der Waals surface area contributed by atoms with Gasteiger partial charge in [0.2, 0.25) is 11.3 Å². The van der Waals surface area contributed by atoms with Gasteiger partial charge in [-0.1, -0.05) is 23.8 Å². The highest BCUT2D eigenvalue weighted by molar-refractivity contribution is 6.38. The van der Waals surface area contributed by atoms with Crippen molar-refractivity contribution in [3.05, 3.63) is 51.0 Å². The Kier molecular flexibility index (Phi) is 5.64. The molecule has 0 bridgehead atoms. The highest BCUT2D eigenvalue weighted by atomic mass is 35.5. The molecule has 8 nitrogen and oxygen atoms in total. The highest BCUT2D eigenvalue weighted by Crippen LogP contribution is 2.44. The molecule has 180 valence electrons. The molecule has 2 heterocycles. The van der Waals surface area contributed by atoms with E-state index in [-0.39, 0.29) is 45.9 Å². The monoisotopic (exact) mass is 488 g/mol. The fourth-order valence-corrected chi connectivity index (χ4v) is 5.65. The van der Waals surface area contributed by atoms with Crippen LogP contribution < -0.4 is 21.4 Å². The average molecular weight is 489 g/mol. The predicted octanol–water partition coefficient (Wildman–Crippen LogP) is 2.67. The Morgan fingerprint density at radius 2 is 2.06 bits per heavy atom. The minimum Gasteiger partial charge on any atom is -0.477 e. The molecule has 1 amide bonds. The zero-order valence-electron chi connectivity index (χ0n) is 18.6. The zero-order chi connectivity index (χ0) is 24.3. The summed E-state index contributed by atoms with van der Waals surface area (Å²) in [7, 11) is 0. The number of fused-ring (bicyclic) bond motifs is 2. The molecule has 1 saturated heterocycles. The van der Waals surface area contributed by atoms with Crippen LogP contribution in [0.2, 0.25) is 5.02 Å². The van der Waals surface area contributed by atoms with E-state index in [9.17, 15) is 19.5 Å². The van der Waals surface area contributed by atoms with Crippen LogP contribution in [0.3, 0.4) is 0 Å². The fourth-order valence-electron chi connectivity index (χ4n) is 5.24. The number of allylic oxidation sites excluding steroid dienone is 1. The van der Waals surface area contributed by atoms with Crippen LogP contribution in [-0.4, -0.2) is 46.7 Å². The van der Waals surface area contributed by atoms with Gasteiger partial charge in [-0.25, -0.2) is 9.18 Å². The summed E-state index contributed by atoms with van der Waals surface area (Å²) in [5.74, 6) is -2.01. The third kappa shape index (κ3) is 3.76. The molecule has 1 saturated carbocycles. The Balaban J connectivity index is 1.56. The quantitative estimate of drug-likeness (QED) is 0.557. The number of carbonyl (C=O) groups is 2. The van der Waals surface area contributed by atoms with E-state index < -0.39 is 28.8 Å². The van der Waals surface area contributed by atoms with Gasteiger partial charge in [0.05, 0.1) is 33.7 Å². The molecule has 34 heavy (non-hydrogen) atoms. The van der Waals surface area contributed by atoms with E-state index in [0.717, 1.165) is 25.3 Å². The number of carboxylic acid groups (broad SMARTS) is 1. The first-order valence-corrected chi connectivity index (χ1v) is 11.8. The van der Waals surface area contributed by atoms with E-state index in [2.05, 4.69) is 5.32 Å². The highest BCUT2D eigenvalue weighted by Gasteiger charge is 2.41. The first kappa shape index (κ1) is 22.9. The van der Waals surface area contributed by atoms with Crippen molar-refractivity contribution in [2.75, 3.05) is 18.0 Å². The van der Waals surface area contributed by atoms with E-state index in [4.69, 9.17) is 17.3 Å². The summed E-state index contributed by atoms with van der Waals surface area (Å²) < 4.78 is 17.2. The van der Waals surface area contributed by atoms with E-state index >= 15 is 4.39 Å². The van der Waals surface area contributed by atoms with E-state index in [1.807, 2.05) is 17.1 Å². The number of hydrogen-bond acceptors (Lipinski definition) is 5. The van der Waals surface area contributed by atoms with Gasteiger partial charge in [-0.15, -0.1) is 0 Å². The van der Waals surface area contributed by atoms with Crippen LogP contribution in [0.25, 0.3) is 10.9 Å². The summed E-state index contributed by atoms with van der Waals surface area (Å²) in [5.41, 5.74) is 5.14. The molecule has 5 rings (SSSR count). The Bertz CT molecular complexity index is 1290. The third-order valence-electron chi connectivity index (χ3n) is 7.13. The number of carbonyl (C=O) groups excluding carboxylic acids is 1. The van der Waals surface area contributed by atoms with Gasteiger partial charge in [-0.2, -0.15) is 0 Å². The molecule has 1 aromatic carbocycles. The normalized spacial score (nSPS) is 24.8. The van der Waals surface area contributed by atoms with Crippen molar-refractivity contribution in [2.45, 2.75) is 44.3 Å². The van der Waals surface area contributed by atoms with Crippen molar-refractivity contribution in [3.8, 4) is 0 Å². The molecule has 4 atom stereocenters. The predicted molar refractivity (Wildman–Crippen MR) is 127 cm³/mol. The average Bonchev–Trinajstić information content (AvgIpc) is 3.53. The number of benzene rings is 1. The summed E-state index contributed by atoms with van der Waals surface area (Å²) in [6, 6.07) is 0.292. The van der Waals surface area contributed by atoms with Gasteiger partial charge < -0.3 is 25.6 Å². The number of anilines is 1. The smallest absolute Gasteiger partial charge is 0.341 e. The van der Waals surface area contributed by atoms with Gasteiger partial charge in [0.1, 0.15) is 11.4 Å². The van der Waals surface area contributed by atoms with E-state index in [1.54, 1.807) is 11.5 Å². The number of hydrogen-bond donors (Lipinski definition) is 3. The minimum absolute atomic E-state index is 0.0280. The SMILES string of the molecule is C[C@@H](N)C(=O)NC1C=CCC2CN(c3c(F)cc4c(=O)c(C(=O)O)cn(C5CC5)c4c3Cl)CC21. The second-order valence-electron chi connectivity index (χ2n) is 9.55. The molecule has 1 aliphatic heterocycles. The Morgan fingerprint density at radius 1 is 1.32 bits per heavy atom. The Morgan fingerprint density at radius 3 is 2.71 bits per heavy atom. The number of aromatic carboxylic acids is 1. The van der Waals surface area contributed by atoms with Crippen LogP contribution >= 0.6 is 11.6 Å². The standard InChI is InChI=1S/C24H26ClFN4O4/c1-11(27)23(32)28-18-4-2-3-12-8-29(9-15(12)18)21-17(26)7-14-20(19(21)25)30(13-5-6-13)10-16(22(14)31)24(33)34/h2,4,7,10-13,15,18H,3,5-6,8-9,27H2,1H3,(H,28,32)(H,33,34)/t11-,12?,15?,18?/m1/s1. The maximum absolute atomic E-state index is 15.5. The molecular weight excluding hydrogens is 463 g/mol. The van der Waals surface area contributed by atoms with Crippen molar-refractivity contribution >= 4 is 40.1 Å². The molecule has 2 fully saturated rings. The number of amides is 1. The van der Waals surface area contributed by atoms with Gasteiger partial charge in [0.25, 0.3) is 0 Å². The summed E-state index contributed by atoms with van der Waals surface area (Å²) in [6.07, 6.45) is 7.77. The summed E-state index contributed by atoms with van der Waals surface area (Å²) in [4.78, 5) is 38.5. The summed E-state index contributed by atoms with van der Waals surface area (Å²) in [6.45, 7) is 2.64. The lowest BCUT2D eigenvalue weighted by Gasteiger charge is -2.29. The minimum atomic E-state index is -1.35. The van der Waals surface area contributed by atoms with Gasteiger partial charge in [0, 0.05) is 31.2 Å². The summed E-state index contributed by atoms with van der Waals surface area (Å²) in [5, 5.41) is 12.5. The largest absolute Gasteiger partial charge is 0.477 e. The molecule has 3 aliphatic rings. The fraction of sp³-hybridized carbons (Fsp3) is 0.458. The van der Waals surface area contributed by atoms with Crippen LogP contribution in [0, 0.1) is 17.7 Å². The van der Waals surface area contributed by atoms with Crippen LogP contribution in [0.15, 0.2) is 29.2 Å². The number of halogens is 2. The molecular formula is C24H26ClFN4O4. The number of nitrogens with one attached hydrogen (secondary N) is 1. The number of rotatable bonds is 5. The number of aromatic nitrogens is 1. The van der Waals surface area contributed by atoms with Crippen molar-refractivity contribution in [3.63, 3.8) is 0 Å². The molecule has 2 aromatic rings. The zero-order valence-corrected chi connectivity index (χ0v) is 19.4. The van der Waals surface area contributed by atoms with Gasteiger partial charge in [-0.05, 0) is 38.2 Å². The first-order chi connectivity index (χ1) is 16.2. The first-order valence-electron chi connectivity index (χ1n) is 11.4. The maximum atomic E-state index is 15.5. The number of pyridine rings is 1. The van der Waals surface area contributed by atoms with Crippen LogP contribution in [0.1, 0.15) is 42.6 Å². The van der Waals surface area contributed by atoms with Gasteiger partial charge in [0.15, 0.2) is 0 Å². The van der Waals surface area contributed by atoms with Crippen molar-refractivity contribution < 1.29 is 19.1 Å². The molecule has 1 aromatic heterocycles. The lowest BCUT2D eigenvalue weighted by Crippen LogP contribution is -2.48.